The van der Waals surface area contributed by atoms with E-state index in [1.165, 1.54) is 16.7 Å². The Kier molecular flexibility index (Phi) is 7.72. The molecule has 3 aliphatic heterocycles. The van der Waals surface area contributed by atoms with E-state index in [-0.39, 0.29) is 28.7 Å². The maximum absolute atomic E-state index is 13.5. The third-order valence-corrected chi connectivity index (χ3v) is 9.42. The maximum atomic E-state index is 13.5. The number of aliphatic hydroxyl groups excluding tert-OH is 1. The minimum absolute atomic E-state index is 0.0203. The van der Waals surface area contributed by atoms with Crippen LogP contribution < -0.4 is 11.1 Å². The molecular weight excluding hydrogens is 532 g/mol. The number of anilines is 2. The van der Waals surface area contributed by atoms with Gasteiger partial charge in [0.15, 0.2) is 0 Å². The summed E-state index contributed by atoms with van der Waals surface area (Å²) < 4.78 is 0. The number of aldehydes is 1. The summed E-state index contributed by atoms with van der Waals surface area (Å²) in [6, 6.07) is 13.2. The quantitative estimate of drug-likeness (QED) is 0.204. The summed E-state index contributed by atoms with van der Waals surface area (Å²) in [5.41, 5.74) is 8.42. The number of nitrogens with two attached hydrogens (primary N) is 1. The Hall–Kier alpha value is -3.67. The van der Waals surface area contributed by atoms with Crippen LogP contribution in [0.1, 0.15) is 36.2 Å². The van der Waals surface area contributed by atoms with Gasteiger partial charge < -0.3 is 26.2 Å². The first-order valence-corrected chi connectivity index (χ1v) is 14.1. The number of carboxylic acids is 1. The van der Waals surface area contributed by atoms with E-state index in [0.29, 0.717) is 41.4 Å². The van der Waals surface area contributed by atoms with Crippen molar-refractivity contribution in [2.24, 2.45) is 11.8 Å². The Morgan fingerprint density at radius 2 is 1.95 bits per heavy atom. The van der Waals surface area contributed by atoms with Crippen LogP contribution in [0.5, 0.6) is 0 Å². The number of benzene rings is 2. The van der Waals surface area contributed by atoms with Crippen molar-refractivity contribution in [2.45, 2.75) is 50.3 Å². The van der Waals surface area contributed by atoms with Gasteiger partial charge in [-0.05, 0) is 43.2 Å². The fraction of sp³-hybridized carbons (Fsp3) is 0.379. The van der Waals surface area contributed by atoms with Gasteiger partial charge in [-0.3, -0.25) is 19.3 Å². The Labute approximate surface area is 236 Å². The van der Waals surface area contributed by atoms with Crippen LogP contribution in [0.2, 0.25) is 0 Å². The predicted molar refractivity (Wildman–Crippen MR) is 151 cm³/mol. The number of fused-ring (bicyclic) bond motifs is 1. The average molecular weight is 565 g/mol. The summed E-state index contributed by atoms with van der Waals surface area (Å²) in [6.07, 6.45) is 0.307. The average Bonchev–Trinajstić information content (AvgIpc) is 3.42. The summed E-state index contributed by atoms with van der Waals surface area (Å²) in [4.78, 5) is 53.7. The molecule has 11 heteroatoms. The van der Waals surface area contributed by atoms with Crippen LogP contribution in [0.15, 0.2) is 59.1 Å². The van der Waals surface area contributed by atoms with Crippen molar-refractivity contribution in [2.75, 3.05) is 17.6 Å². The molecule has 0 aliphatic carbocycles. The van der Waals surface area contributed by atoms with Crippen molar-refractivity contribution in [3.8, 4) is 0 Å². The van der Waals surface area contributed by atoms with Gasteiger partial charge in [-0.25, -0.2) is 4.79 Å². The summed E-state index contributed by atoms with van der Waals surface area (Å²) in [5.74, 6) is -2.64. The van der Waals surface area contributed by atoms with Crippen molar-refractivity contribution in [1.82, 2.24) is 9.80 Å². The lowest BCUT2D eigenvalue weighted by atomic mass is 9.79. The second-order valence-corrected chi connectivity index (χ2v) is 12.0. The Balaban J connectivity index is 1.39. The van der Waals surface area contributed by atoms with E-state index in [2.05, 4.69) is 10.2 Å². The number of hydrogen-bond donors (Lipinski definition) is 4. The molecule has 3 aliphatic rings. The molecule has 10 nitrogen and oxygen atoms in total. The van der Waals surface area contributed by atoms with Gasteiger partial charge in [-0.15, -0.1) is 11.8 Å². The predicted octanol–water partition coefficient (Wildman–Crippen LogP) is 2.55. The van der Waals surface area contributed by atoms with Crippen LogP contribution in [0.25, 0.3) is 0 Å². The first-order chi connectivity index (χ1) is 19.1. The number of carboxylic acid groups (broad SMARTS) is 1. The van der Waals surface area contributed by atoms with Gasteiger partial charge in [0.25, 0.3) is 0 Å². The van der Waals surface area contributed by atoms with Crippen molar-refractivity contribution in [3.63, 3.8) is 0 Å². The van der Waals surface area contributed by atoms with E-state index in [0.717, 1.165) is 11.8 Å². The van der Waals surface area contributed by atoms with E-state index in [4.69, 9.17) is 5.73 Å². The molecule has 2 fully saturated rings. The van der Waals surface area contributed by atoms with Crippen LogP contribution in [0, 0.1) is 11.8 Å². The number of aliphatic carboxylic acids is 1. The minimum atomic E-state index is -1.17. The Morgan fingerprint density at radius 1 is 1.23 bits per heavy atom. The molecule has 2 amide bonds. The molecule has 0 spiro atoms. The normalized spacial score (nSPS) is 26.8. The summed E-state index contributed by atoms with van der Waals surface area (Å²) in [6.45, 7) is 4.45. The van der Waals surface area contributed by atoms with Crippen LogP contribution >= 0.6 is 11.8 Å². The molecule has 0 unspecified atom stereocenters. The van der Waals surface area contributed by atoms with E-state index in [1.807, 2.05) is 31.2 Å². The highest BCUT2D eigenvalue weighted by Crippen LogP contribution is 2.52. The molecule has 0 bridgehead atoms. The number of hydrogen-bond acceptors (Lipinski definition) is 8. The lowest BCUT2D eigenvalue weighted by molar-refractivity contribution is -0.163. The third-order valence-electron chi connectivity index (χ3n) is 7.93. The third kappa shape index (κ3) is 5.12. The molecule has 3 heterocycles. The molecule has 210 valence electrons. The van der Waals surface area contributed by atoms with E-state index >= 15 is 0 Å². The first-order valence-electron chi connectivity index (χ1n) is 13.2. The minimum Gasteiger partial charge on any atom is -0.477 e. The number of thioether (sulfide) groups is 1. The standard InChI is InChI=1S/C29H32N4O6S/c1-15-24-23(16(2)35)28(37)33(24)25(29(38)39)26(15)40-21-11-22(27(36)31-20-5-3-4-18(10-20)14-34)32(13-21)12-17-6-8-19(30)9-7-17/h3-10,14-16,21-24,35H,11-13,30H2,1-2H3,(H,31,36)(H,38,39)/t15-,16-,21+,22+,23-,24-/m1/s1. The Bertz CT molecular complexity index is 1380. The number of likely N-dealkylation sites (tertiary alicyclic amines) is 1. The smallest absolute Gasteiger partial charge is 0.353 e. The zero-order valence-corrected chi connectivity index (χ0v) is 23.0. The number of carbonyl (C=O) groups is 4. The first kappa shape index (κ1) is 27.9. The fourth-order valence-corrected chi connectivity index (χ4v) is 7.58. The van der Waals surface area contributed by atoms with E-state index in [1.54, 1.807) is 31.2 Å². The zero-order valence-electron chi connectivity index (χ0n) is 22.2. The van der Waals surface area contributed by atoms with Gasteiger partial charge in [-0.2, -0.15) is 0 Å². The number of amides is 2. The second-order valence-electron chi connectivity index (χ2n) is 10.7. The van der Waals surface area contributed by atoms with Gasteiger partial charge >= 0.3 is 5.97 Å². The van der Waals surface area contributed by atoms with Gasteiger partial charge in [-0.1, -0.05) is 31.2 Å². The highest BCUT2D eigenvalue weighted by atomic mass is 32.2. The van der Waals surface area contributed by atoms with Crippen molar-refractivity contribution >= 4 is 47.2 Å². The molecule has 0 radical (unpaired) electrons. The maximum Gasteiger partial charge on any atom is 0.353 e. The van der Waals surface area contributed by atoms with E-state index in [9.17, 15) is 29.4 Å². The molecule has 6 atom stereocenters. The van der Waals surface area contributed by atoms with Gasteiger partial charge in [0.05, 0.1) is 24.1 Å². The van der Waals surface area contributed by atoms with Crippen molar-refractivity contribution in [3.05, 3.63) is 70.3 Å². The number of nitrogens with one attached hydrogen (secondary N) is 1. The van der Waals surface area contributed by atoms with Gasteiger partial charge in [0.2, 0.25) is 11.8 Å². The lowest BCUT2D eigenvalue weighted by Crippen LogP contribution is -2.63. The number of carbonyl (C=O) groups excluding carboxylic acids is 3. The number of nitrogen functional groups attached to an aromatic ring is 1. The Morgan fingerprint density at radius 3 is 2.60 bits per heavy atom. The molecule has 5 rings (SSSR count). The molecule has 40 heavy (non-hydrogen) atoms. The largest absolute Gasteiger partial charge is 0.477 e. The number of β-lactam (4-membered cyclic amide) rings is 1. The van der Waals surface area contributed by atoms with Crippen molar-refractivity contribution in [1.29, 1.82) is 0 Å². The van der Waals surface area contributed by atoms with Crippen LogP contribution in [-0.2, 0) is 20.9 Å². The molecule has 2 aromatic rings. The summed E-state index contributed by atoms with van der Waals surface area (Å²) in [5, 5.41) is 23.0. The SMILES string of the molecule is C[C@@H](O)[C@H]1C(=O)N2C(C(=O)O)=C(S[C@H]3C[C@@H](C(=O)Nc4cccc(C=O)c4)N(Cc4ccc(N)cc4)C3)[C@H](C)[C@H]12. The van der Waals surface area contributed by atoms with Crippen LogP contribution in [0.4, 0.5) is 11.4 Å². The van der Waals surface area contributed by atoms with E-state index < -0.39 is 30.1 Å². The topological polar surface area (TPSA) is 153 Å². The monoisotopic (exact) mass is 564 g/mol. The van der Waals surface area contributed by atoms with Gasteiger partial charge in [0, 0.05) is 46.1 Å². The molecule has 0 saturated carbocycles. The number of rotatable bonds is 9. The number of nitrogens with zero attached hydrogens (tertiary/aromatic N) is 2. The molecule has 2 aromatic carbocycles. The van der Waals surface area contributed by atoms with Crippen molar-refractivity contribution < 1.29 is 29.4 Å². The zero-order chi connectivity index (χ0) is 28.7. The summed E-state index contributed by atoms with van der Waals surface area (Å²) >= 11 is 1.41. The molecule has 0 aromatic heterocycles. The highest BCUT2D eigenvalue weighted by molar-refractivity contribution is 8.03. The number of aliphatic hydroxyl groups is 1. The van der Waals surface area contributed by atoms with Crippen LogP contribution in [0.3, 0.4) is 0 Å². The fourth-order valence-electron chi connectivity index (χ4n) is 6.03. The summed E-state index contributed by atoms with van der Waals surface area (Å²) in [7, 11) is 0. The molecular formula is C29H32N4O6S. The second kappa shape index (κ2) is 11.1. The highest BCUT2D eigenvalue weighted by Gasteiger charge is 2.60. The van der Waals surface area contributed by atoms with Crippen LogP contribution in [-0.4, -0.2) is 74.1 Å². The molecule has 5 N–H and O–H groups in total. The lowest BCUT2D eigenvalue weighted by Gasteiger charge is -2.46. The van der Waals surface area contributed by atoms with Gasteiger partial charge in [0.1, 0.15) is 12.0 Å². The molecule has 2 saturated heterocycles.